The van der Waals surface area contributed by atoms with Crippen molar-refractivity contribution in [2.45, 2.75) is 31.7 Å². The van der Waals surface area contributed by atoms with Crippen LogP contribution in [0.5, 0.6) is 0 Å². The third-order valence-electron chi connectivity index (χ3n) is 5.08. The first-order valence-corrected chi connectivity index (χ1v) is 10.0. The SMILES string of the molecule is Cn1ccc2cc(S(=O)(=O)N3CCN(C(=O)O)C(C(C)(C)C)C3)ccc21. The molecular weight excluding hydrogens is 354 g/mol. The largest absolute Gasteiger partial charge is 0.465 e. The maximum atomic E-state index is 13.1. The first-order chi connectivity index (χ1) is 12.0. The summed E-state index contributed by atoms with van der Waals surface area (Å²) in [6.45, 7) is 6.28. The number of benzene rings is 1. The van der Waals surface area contributed by atoms with E-state index in [1.807, 2.05) is 44.6 Å². The Kier molecular flexibility index (Phi) is 4.52. The van der Waals surface area contributed by atoms with E-state index in [0.29, 0.717) is 0 Å². The van der Waals surface area contributed by atoms with Crippen LogP contribution in [0.15, 0.2) is 35.4 Å². The number of carbonyl (C=O) groups is 1. The number of amides is 1. The number of sulfonamides is 1. The number of hydrogen-bond donors (Lipinski definition) is 1. The van der Waals surface area contributed by atoms with Gasteiger partial charge in [0.1, 0.15) is 0 Å². The Bertz CT molecular complexity index is 943. The van der Waals surface area contributed by atoms with Gasteiger partial charge in [-0.05, 0) is 29.7 Å². The van der Waals surface area contributed by atoms with Crippen LogP contribution in [0.3, 0.4) is 0 Å². The highest BCUT2D eigenvalue weighted by molar-refractivity contribution is 7.89. The molecule has 8 heteroatoms. The Balaban J connectivity index is 1.94. The molecule has 1 fully saturated rings. The van der Waals surface area contributed by atoms with Crippen LogP contribution in [0, 0.1) is 5.41 Å². The summed E-state index contributed by atoms with van der Waals surface area (Å²) >= 11 is 0. The van der Waals surface area contributed by atoms with Gasteiger partial charge in [-0.15, -0.1) is 0 Å². The van der Waals surface area contributed by atoms with Gasteiger partial charge in [-0.1, -0.05) is 20.8 Å². The van der Waals surface area contributed by atoms with Gasteiger partial charge in [-0.25, -0.2) is 13.2 Å². The quantitative estimate of drug-likeness (QED) is 0.869. The predicted molar refractivity (Wildman–Crippen MR) is 99.7 cm³/mol. The normalized spacial score (nSPS) is 19.8. The standard InChI is InChI=1S/C18H25N3O4S/c1-18(2,3)16-12-20(9-10-21(16)17(22)23)26(24,25)14-5-6-15-13(11-14)7-8-19(15)4/h5-8,11,16H,9-10,12H2,1-4H3,(H,22,23). The highest BCUT2D eigenvalue weighted by Crippen LogP contribution is 2.31. The average molecular weight is 379 g/mol. The fourth-order valence-corrected chi connectivity index (χ4v) is 4.99. The molecule has 1 aliphatic rings. The third kappa shape index (κ3) is 3.19. The summed E-state index contributed by atoms with van der Waals surface area (Å²) in [6.07, 6.45) is 0.884. The van der Waals surface area contributed by atoms with Gasteiger partial charge in [-0.3, -0.25) is 0 Å². The van der Waals surface area contributed by atoms with Crippen molar-refractivity contribution in [3.05, 3.63) is 30.5 Å². The number of carboxylic acid groups (broad SMARTS) is 1. The molecule has 1 saturated heterocycles. The molecule has 142 valence electrons. The highest BCUT2D eigenvalue weighted by Gasteiger charge is 2.41. The van der Waals surface area contributed by atoms with E-state index >= 15 is 0 Å². The Labute approximate surface area is 153 Å². The molecule has 1 atom stereocenters. The lowest BCUT2D eigenvalue weighted by molar-refractivity contribution is 0.0458. The predicted octanol–water partition coefficient (Wildman–Crippen LogP) is 2.58. The molecule has 1 amide bonds. The van der Waals surface area contributed by atoms with Crippen molar-refractivity contribution < 1.29 is 18.3 Å². The van der Waals surface area contributed by atoms with E-state index < -0.39 is 22.2 Å². The van der Waals surface area contributed by atoms with Gasteiger partial charge in [-0.2, -0.15) is 4.31 Å². The van der Waals surface area contributed by atoms with E-state index in [0.717, 1.165) is 10.9 Å². The molecule has 1 N–H and O–H groups in total. The molecule has 3 rings (SSSR count). The highest BCUT2D eigenvalue weighted by atomic mass is 32.2. The van der Waals surface area contributed by atoms with Crippen molar-refractivity contribution in [3.63, 3.8) is 0 Å². The van der Waals surface area contributed by atoms with Gasteiger partial charge in [0.05, 0.1) is 10.9 Å². The van der Waals surface area contributed by atoms with Crippen LogP contribution in [0.2, 0.25) is 0 Å². The lowest BCUT2D eigenvalue weighted by atomic mass is 9.85. The maximum absolute atomic E-state index is 13.1. The molecular formula is C18H25N3O4S. The van der Waals surface area contributed by atoms with Crippen LogP contribution in [0.4, 0.5) is 4.79 Å². The van der Waals surface area contributed by atoms with Crippen molar-refractivity contribution in [2.24, 2.45) is 12.5 Å². The number of rotatable bonds is 2. The van der Waals surface area contributed by atoms with Crippen molar-refractivity contribution in [2.75, 3.05) is 19.6 Å². The zero-order chi connectivity index (χ0) is 19.3. The van der Waals surface area contributed by atoms with Gasteiger partial charge >= 0.3 is 6.09 Å². The summed E-state index contributed by atoms with van der Waals surface area (Å²) in [5.41, 5.74) is 0.600. The first-order valence-electron chi connectivity index (χ1n) is 8.56. The molecule has 26 heavy (non-hydrogen) atoms. The van der Waals surface area contributed by atoms with E-state index in [1.165, 1.54) is 9.21 Å². The monoisotopic (exact) mass is 379 g/mol. The molecule has 0 aliphatic carbocycles. The summed E-state index contributed by atoms with van der Waals surface area (Å²) in [6, 6.07) is 6.59. The van der Waals surface area contributed by atoms with Gasteiger partial charge in [0, 0.05) is 43.8 Å². The summed E-state index contributed by atoms with van der Waals surface area (Å²) < 4.78 is 29.6. The number of aryl methyl sites for hydroxylation is 1. The van der Waals surface area contributed by atoms with E-state index in [2.05, 4.69) is 0 Å². The minimum absolute atomic E-state index is 0.158. The van der Waals surface area contributed by atoms with Crippen LogP contribution in [-0.4, -0.2) is 59.1 Å². The maximum Gasteiger partial charge on any atom is 0.407 e. The number of nitrogens with zero attached hydrogens (tertiary/aromatic N) is 3. The van der Waals surface area contributed by atoms with Crippen molar-refractivity contribution in [3.8, 4) is 0 Å². The molecule has 0 bridgehead atoms. The molecule has 0 radical (unpaired) electrons. The second-order valence-corrected chi connectivity index (χ2v) is 9.81. The van der Waals surface area contributed by atoms with Crippen LogP contribution in [0.25, 0.3) is 10.9 Å². The van der Waals surface area contributed by atoms with Crippen molar-refractivity contribution >= 4 is 27.0 Å². The Morgan fingerprint density at radius 2 is 1.88 bits per heavy atom. The Morgan fingerprint density at radius 1 is 1.19 bits per heavy atom. The van der Waals surface area contributed by atoms with Gasteiger partial charge in [0.25, 0.3) is 0 Å². The third-order valence-corrected chi connectivity index (χ3v) is 6.94. The minimum Gasteiger partial charge on any atom is -0.465 e. The minimum atomic E-state index is -3.68. The summed E-state index contributed by atoms with van der Waals surface area (Å²) in [4.78, 5) is 13.1. The second-order valence-electron chi connectivity index (χ2n) is 7.87. The molecule has 0 saturated carbocycles. The van der Waals surface area contributed by atoms with Crippen LogP contribution in [-0.2, 0) is 17.1 Å². The lowest BCUT2D eigenvalue weighted by Gasteiger charge is -2.45. The molecule has 1 unspecified atom stereocenters. The van der Waals surface area contributed by atoms with E-state index in [-0.39, 0.29) is 29.9 Å². The first kappa shape index (κ1) is 18.7. The number of aromatic nitrogens is 1. The summed E-state index contributed by atoms with van der Waals surface area (Å²) in [5.74, 6) is 0. The molecule has 2 aromatic rings. The molecule has 2 heterocycles. The number of piperazine rings is 1. The van der Waals surface area contributed by atoms with Crippen LogP contribution < -0.4 is 0 Å². The van der Waals surface area contributed by atoms with E-state index in [9.17, 15) is 18.3 Å². The summed E-state index contributed by atoms with van der Waals surface area (Å²) in [5, 5.41) is 10.3. The van der Waals surface area contributed by atoms with E-state index in [1.54, 1.807) is 18.2 Å². The van der Waals surface area contributed by atoms with Gasteiger partial charge in [0.2, 0.25) is 10.0 Å². The fourth-order valence-electron chi connectivity index (χ4n) is 3.52. The topological polar surface area (TPSA) is 82.9 Å². The zero-order valence-electron chi connectivity index (χ0n) is 15.5. The smallest absolute Gasteiger partial charge is 0.407 e. The van der Waals surface area contributed by atoms with Crippen molar-refractivity contribution in [1.82, 2.24) is 13.8 Å². The number of hydrogen-bond acceptors (Lipinski definition) is 3. The lowest BCUT2D eigenvalue weighted by Crippen LogP contribution is -2.60. The Hall–Kier alpha value is -2.06. The van der Waals surface area contributed by atoms with Gasteiger partial charge in [0.15, 0.2) is 0 Å². The van der Waals surface area contributed by atoms with Crippen molar-refractivity contribution in [1.29, 1.82) is 0 Å². The number of fused-ring (bicyclic) bond motifs is 1. The average Bonchev–Trinajstić information content (AvgIpc) is 2.94. The molecule has 0 spiro atoms. The fraction of sp³-hybridized carbons (Fsp3) is 0.500. The second kappa shape index (κ2) is 6.28. The van der Waals surface area contributed by atoms with Crippen LogP contribution >= 0.6 is 0 Å². The molecule has 1 aliphatic heterocycles. The molecule has 1 aromatic heterocycles. The van der Waals surface area contributed by atoms with Crippen LogP contribution in [0.1, 0.15) is 20.8 Å². The van der Waals surface area contributed by atoms with Gasteiger partial charge < -0.3 is 14.6 Å². The zero-order valence-corrected chi connectivity index (χ0v) is 16.3. The molecule has 7 nitrogen and oxygen atoms in total. The van der Waals surface area contributed by atoms with E-state index in [4.69, 9.17) is 0 Å². The molecule has 1 aromatic carbocycles. The summed E-state index contributed by atoms with van der Waals surface area (Å²) in [7, 11) is -1.77. The Morgan fingerprint density at radius 3 is 2.50 bits per heavy atom.